The molecule has 2 aliphatic rings. The first kappa shape index (κ1) is 24.0. The lowest BCUT2D eigenvalue weighted by Gasteiger charge is -2.33. The highest BCUT2D eigenvalue weighted by Crippen LogP contribution is 2.37. The molecule has 0 radical (unpaired) electrons. The third-order valence-electron chi connectivity index (χ3n) is 5.95. The molecule has 0 N–H and O–H groups in total. The van der Waals surface area contributed by atoms with E-state index in [4.69, 9.17) is 4.74 Å². The minimum atomic E-state index is -0.702. The van der Waals surface area contributed by atoms with Gasteiger partial charge in [0.1, 0.15) is 5.60 Å². The molecule has 0 saturated heterocycles. The summed E-state index contributed by atoms with van der Waals surface area (Å²) in [6.07, 6.45) is 7.25. The molecule has 2 unspecified atom stereocenters. The number of hydrogen-bond acceptors (Lipinski definition) is 4. The quantitative estimate of drug-likeness (QED) is 0.594. The van der Waals surface area contributed by atoms with Crippen LogP contribution in [0.2, 0.25) is 0 Å². The smallest absolute Gasteiger partial charge is 0.417 e. The van der Waals surface area contributed by atoms with Gasteiger partial charge in [-0.3, -0.25) is 9.59 Å². The molecule has 5 nitrogen and oxygen atoms in total. The lowest BCUT2D eigenvalue weighted by Crippen LogP contribution is -2.45. The molecule has 0 spiro atoms. The Bertz CT molecular complexity index is 941. The zero-order valence-corrected chi connectivity index (χ0v) is 20.1. The summed E-state index contributed by atoms with van der Waals surface area (Å²) in [5.74, 6) is -0.374. The summed E-state index contributed by atoms with van der Waals surface area (Å²) in [5.41, 5.74) is 2.65. The Hall–Kier alpha value is -2.69. The molecular formula is C27H35NO4. The highest BCUT2D eigenvalue weighted by Gasteiger charge is 2.40. The van der Waals surface area contributed by atoms with Gasteiger partial charge in [0, 0.05) is 18.4 Å². The van der Waals surface area contributed by atoms with Gasteiger partial charge in [0.15, 0.2) is 5.78 Å². The molecule has 1 aliphatic carbocycles. The Balaban J connectivity index is 1.97. The van der Waals surface area contributed by atoms with Crippen molar-refractivity contribution in [1.29, 1.82) is 0 Å². The Kier molecular flexibility index (Phi) is 6.77. The molecule has 2 amide bonds. The summed E-state index contributed by atoms with van der Waals surface area (Å²) >= 11 is 0. The second kappa shape index (κ2) is 9.05. The standard InChI is InChI=1S/C27H35NO4/c1-26(2,3)20-12-10-19(11-13-20)22(17-18-8-7-9-21(29)16-18)23-14-15-24(30)28(23)25(31)32-27(4,5)6/h10-16,22-23H,7-9,17H2,1-6H3. The number of carbonyl (C=O) groups is 3. The summed E-state index contributed by atoms with van der Waals surface area (Å²) in [4.78, 5) is 38.8. The van der Waals surface area contributed by atoms with Crippen LogP contribution < -0.4 is 0 Å². The normalized spacial score (nSPS) is 20.4. The van der Waals surface area contributed by atoms with E-state index in [2.05, 4.69) is 45.0 Å². The van der Waals surface area contributed by atoms with Crippen LogP contribution in [0.25, 0.3) is 0 Å². The van der Waals surface area contributed by atoms with Crippen LogP contribution in [0.3, 0.4) is 0 Å². The van der Waals surface area contributed by atoms with Crippen LogP contribution in [0.1, 0.15) is 84.3 Å². The summed E-state index contributed by atoms with van der Waals surface area (Å²) in [6.45, 7) is 11.9. The highest BCUT2D eigenvalue weighted by atomic mass is 16.6. The van der Waals surface area contributed by atoms with Gasteiger partial charge in [-0.25, -0.2) is 9.69 Å². The molecule has 1 aliphatic heterocycles. The third-order valence-corrected chi connectivity index (χ3v) is 5.95. The molecule has 1 aromatic carbocycles. The van der Waals surface area contributed by atoms with Crippen molar-refractivity contribution >= 4 is 17.8 Å². The van der Waals surface area contributed by atoms with Gasteiger partial charge in [-0.15, -0.1) is 0 Å². The molecule has 1 heterocycles. The molecule has 0 fully saturated rings. The van der Waals surface area contributed by atoms with Crippen molar-refractivity contribution in [2.75, 3.05) is 0 Å². The number of ether oxygens (including phenoxy) is 1. The third kappa shape index (κ3) is 5.76. The Labute approximate surface area is 191 Å². The Morgan fingerprint density at radius 2 is 1.72 bits per heavy atom. The molecule has 0 aromatic heterocycles. The summed E-state index contributed by atoms with van der Waals surface area (Å²) < 4.78 is 5.54. The van der Waals surface area contributed by atoms with Crippen LogP contribution in [0.5, 0.6) is 0 Å². The van der Waals surface area contributed by atoms with Crippen molar-refractivity contribution in [1.82, 2.24) is 4.90 Å². The van der Waals surface area contributed by atoms with Gasteiger partial charge in [-0.05, 0) is 62.7 Å². The average molecular weight is 438 g/mol. The van der Waals surface area contributed by atoms with E-state index < -0.39 is 17.7 Å². The number of allylic oxidation sites excluding steroid dienone is 2. The van der Waals surface area contributed by atoms with Gasteiger partial charge in [0.05, 0.1) is 6.04 Å². The van der Waals surface area contributed by atoms with Gasteiger partial charge in [-0.2, -0.15) is 0 Å². The number of rotatable bonds is 4. The number of hydrogen-bond donors (Lipinski definition) is 0. The van der Waals surface area contributed by atoms with Gasteiger partial charge in [0.25, 0.3) is 5.91 Å². The molecule has 0 bridgehead atoms. The number of nitrogens with zero attached hydrogens (tertiary/aromatic N) is 1. The maximum atomic E-state index is 12.9. The van der Waals surface area contributed by atoms with Crippen molar-refractivity contribution in [3.8, 4) is 0 Å². The number of ketones is 1. The number of amides is 2. The highest BCUT2D eigenvalue weighted by molar-refractivity contribution is 6.01. The SMILES string of the molecule is CC(C)(C)OC(=O)N1C(=O)C=CC1C(CC1=CC(=O)CCC1)c1ccc(C(C)(C)C)cc1. The van der Waals surface area contributed by atoms with Crippen molar-refractivity contribution in [2.24, 2.45) is 0 Å². The van der Waals surface area contributed by atoms with E-state index in [9.17, 15) is 14.4 Å². The van der Waals surface area contributed by atoms with Gasteiger partial charge >= 0.3 is 6.09 Å². The average Bonchev–Trinajstić information content (AvgIpc) is 3.05. The first-order chi connectivity index (χ1) is 14.8. The van der Waals surface area contributed by atoms with Crippen LogP contribution in [0.4, 0.5) is 4.79 Å². The van der Waals surface area contributed by atoms with E-state index in [1.807, 2.05) is 0 Å². The van der Waals surface area contributed by atoms with Gasteiger partial charge in [-0.1, -0.05) is 56.7 Å². The fourth-order valence-electron chi connectivity index (χ4n) is 4.30. The van der Waals surface area contributed by atoms with Crippen LogP contribution >= 0.6 is 0 Å². The van der Waals surface area contributed by atoms with E-state index in [1.54, 1.807) is 32.9 Å². The molecule has 172 valence electrons. The first-order valence-electron chi connectivity index (χ1n) is 11.4. The van der Waals surface area contributed by atoms with E-state index in [1.165, 1.54) is 16.5 Å². The van der Waals surface area contributed by atoms with E-state index in [0.717, 1.165) is 24.0 Å². The summed E-state index contributed by atoms with van der Waals surface area (Å²) in [7, 11) is 0. The maximum Gasteiger partial charge on any atom is 0.417 e. The van der Waals surface area contributed by atoms with Crippen LogP contribution in [0, 0.1) is 0 Å². The largest absolute Gasteiger partial charge is 0.443 e. The fraction of sp³-hybridized carbons (Fsp3) is 0.519. The van der Waals surface area contributed by atoms with Crippen molar-refractivity contribution in [3.05, 3.63) is 59.2 Å². The molecular weight excluding hydrogens is 402 g/mol. The molecule has 0 saturated carbocycles. The zero-order valence-electron chi connectivity index (χ0n) is 20.1. The van der Waals surface area contributed by atoms with Crippen molar-refractivity contribution < 1.29 is 19.1 Å². The number of carbonyl (C=O) groups excluding carboxylic acids is 3. The maximum absolute atomic E-state index is 12.9. The fourth-order valence-corrected chi connectivity index (χ4v) is 4.30. The topological polar surface area (TPSA) is 63.7 Å². The molecule has 32 heavy (non-hydrogen) atoms. The minimum Gasteiger partial charge on any atom is -0.443 e. The van der Waals surface area contributed by atoms with Crippen LogP contribution in [0.15, 0.2) is 48.1 Å². The molecule has 1 aromatic rings. The van der Waals surface area contributed by atoms with E-state index in [-0.39, 0.29) is 23.0 Å². The predicted octanol–water partition coefficient (Wildman–Crippen LogP) is 5.84. The minimum absolute atomic E-state index is 0.0259. The van der Waals surface area contributed by atoms with Crippen molar-refractivity contribution in [2.45, 2.75) is 90.2 Å². The monoisotopic (exact) mass is 437 g/mol. The van der Waals surface area contributed by atoms with Crippen LogP contribution in [-0.2, 0) is 19.7 Å². The Morgan fingerprint density at radius 1 is 1.06 bits per heavy atom. The zero-order chi connectivity index (χ0) is 23.7. The van der Waals surface area contributed by atoms with Gasteiger partial charge in [0.2, 0.25) is 0 Å². The van der Waals surface area contributed by atoms with E-state index >= 15 is 0 Å². The lowest BCUT2D eigenvalue weighted by molar-refractivity contribution is -0.125. The van der Waals surface area contributed by atoms with Crippen molar-refractivity contribution in [3.63, 3.8) is 0 Å². The summed E-state index contributed by atoms with van der Waals surface area (Å²) in [5, 5.41) is 0. The number of imide groups is 1. The Morgan fingerprint density at radius 3 is 2.28 bits per heavy atom. The molecule has 2 atom stereocenters. The van der Waals surface area contributed by atoms with Crippen LogP contribution in [-0.4, -0.2) is 34.3 Å². The first-order valence-corrected chi connectivity index (χ1v) is 11.4. The molecule has 5 heteroatoms. The predicted molar refractivity (Wildman–Crippen MR) is 125 cm³/mol. The second-order valence-corrected chi connectivity index (χ2v) is 10.8. The summed E-state index contributed by atoms with van der Waals surface area (Å²) in [6, 6.07) is 7.93. The molecule has 3 rings (SSSR count). The number of benzene rings is 1. The van der Waals surface area contributed by atoms with Gasteiger partial charge < -0.3 is 4.74 Å². The lowest BCUT2D eigenvalue weighted by atomic mass is 9.80. The van der Waals surface area contributed by atoms with E-state index in [0.29, 0.717) is 12.8 Å². The second-order valence-electron chi connectivity index (χ2n) is 10.8.